The third-order valence-electron chi connectivity index (χ3n) is 4.71. The van der Waals surface area contributed by atoms with Crippen LogP contribution in [0.15, 0.2) is 46.8 Å². The molecule has 0 bridgehead atoms. The van der Waals surface area contributed by atoms with Gasteiger partial charge in [0.2, 0.25) is 9.47 Å². The Labute approximate surface area is 199 Å². The molecule has 0 radical (unpaired) electrons. The first kappa shape index (κ1) is 22.9. The number of hydrogen-bond donors (Lipinski definition) is 2. The summed E-state index contributed by atoms with van der Waals surface area (Å²) in [6.07, 6.45) is 0.431. The highest BCUT2D eigenvalue weighted by molar-refractivity contribution is 7.91. The fourth-order valence-corrected chi connectivity index (χ4v) is 5.97. The number of fused-ring (bicyclic) bond motifs is 1. The normalized spacial score (nSPS) is 17.3. The maximum atomic E-state index is 13.0. The maximum absolute atomic E-state index is 13.0. The van der Waals surface area contributed by atoms with Crippen molar-refractivity contribution in [3.63, 3.8) is 0 Å². The molecule has 1 atom stereocenters. The zero-order valence-corrected chi connectivity index (χ0v) is 20.1. The number of amides is 1. The second kappa shape index (κ2) is 8.60. The van der Waals surface area contributed by atoms with E-state index in [1.165, 1.54) is 18.2 Å². The van der Waals surface area contributed by atoms with Gasteiger partial charge in [-0.1, -0.05) is 52.7 Å². The van der Waals surface area contributed by atoms with Gasteiger partial charge in [-0.2, -0.15) is 0 Å². The topological polar surface area (TPSA) is 110 Å². The summed E-state index contributed by atoms with van der Waals surface area (Å²) in [6.45, 7) is 3.79. The summed E-state index contributed by atoms with van der Waals surface area (Å²) in [5, 5.41) is 10.6. The molecular weight excluding hydrogens is 495 g/mol. The number of nitrogens with zero attached hydrogens (tertiary/aromatic N) is 2. The first-order valence-corrected chi connectivity index (χ1v) is 12.5. The van der Waals surface area contributed by atoms with E-state index >= 15 is 0 Å². The molecule has 8 nitrogen and oxygen atoms in total. The first-order chi connectivity index (χ1) is 15.0. The molecule has 168 valence electrons. The van der Waals surface area contributed by atoms with Crippen molar-refractivity contribution in [1.29, 1.82) is 0 Å². The average molecular weight is 513 g/mol. The maximum Gasteiger partial charge on any atom is 0.270 e. The SMILES string of the molecule is CC1(C)CC(NS(=O)(=O)c2nnc(NC(=O)c3ccc(Cl)cc3Cl)s2)c2ccccc2O1. The summed E-state index contributed by atoms with van der Waals surface area (Å²) in [5.74, 6) is 0.0707. The van der Waals surface area contributed by atoms with Crippen molar-refractivity contribution in [1.82, 2.24) is 14.9 Å². The molecule has 12 heteroatoms. The predicted octanol–water partition coefficient (Wildman–Crippen LogP) is 4.68. The number of ether oxygens (including phenoxy) is 1. The highest BCUT2D eigenvalue weighted by Gasteiger charge is 2.36. The van der Waals surface area contributed by atoms with E-state index in [2.05, 4.69) is 20.2 Å². The highest BCUT2D eigenvalue weighted by atomic mass is 35.5. The van der Waals surface area contributed by atoms with Gasteiger partial charge in [0.05, 0.1) is 16.6 Å². The molecule has 1 amide bonds. The number of hydrogen-bond acceptors (Lipinski definition) is 7. The van der Waals surface area contributed by atoms with Gasteiger partial charge in [-0.3, -0.25) is 10.1 Å². The Morgan fingerprint density at radius 1 is 1.19 bits per heavy atom. The van der Waals surface area contributed by atoms with Gasteiger partial charge in [-0.15, -0.1) is 10.2 Å². The van der Waals surface area contributed by atoms with E-state index in [0.717, 1.165) is 16.9 Å². The summed E-state index contributed by atoms with van der Waals surface area (Å²) in [6, 6.07) is 11.2. The minimum Gasteiger partial charge on any atom is -0.487 e. The van der Waals surface area contributed by atoms with Crippen LogP contribution in [-0.4, -0.2) is 30.1 Å². The Hall–Kier alpha value is -2.24. The van der Waals surface area contributed by atoms with Gasteiger partial charge in [0.15, 0.2) is 0 Å². The van der Waals surface area contributed by atoms with Crippen LogP contribution in [0.1, 0.15) is 42.2 Å². The molecule has 2 N–H and O–H groups in total. The zero-order valence-electron chi connectivity index (χ0n) is 16.9. The van der Waals surface area contributed by atoms with Crippen molar-refractivity contribution >= 4 is 55.6 Å². The number of rotatable bonds is 5. The lowest BCUT2D eigenvalue weighted by atomic mass is 9.90. The van der Waals surface area contributed by atoms with Crippen LogP contribution in [-0.2, 0) is 10.0 Å². The van der Waals surface area contributed by atoms with Gasteiger partial charge in [0, 0.05) is 17.0 Å². The monoisotopic (exact) mass is 512 g/mol. The fraction of sp³-hybridized carbons (Fsp3) is 0.250. The molecule has 4 rings (SSSR count). The van der Waals surface area contributed by atoms with E-state index in [0.29, 0.717) is 17.2 Å². The summed E-state index contributed by atoms with van der Waals surface area (Å²) in [5.41, 5.74) is 0.361. The van der Waals surface area contributed by atoms with Crippen LogP contribution in [0.3, 0.4) is 0 Å². The van der Waals surface area contributed by atoms with Gasteiger partial charge in [-0.05, 0) is 38.1 Å². The summed E-state index contributed by atoms with van der Waals surface area (Å²) < 4.78 is 34.4. The van der Waals surface area contributed by atoms with E-state index in [4.69, 9.17) is 27.9 Å². The van der Waals surface area contributed by atoms with Crippen molar-refractivity contribution in [2.45, 2.75) is 36.3 Å². The van der Waals surface area contributed by atoms with Crippen molar-refractivity contribution in [3.8, 4) is 5.75 Å². The van der Waals surface area contributed by atoms with Crippen LogP contribution in [0.4, 0.5) is 5.13 Å². The van der Waals surface area contributed by atoms with E-state index in [1.807, 2.05) is 32.0 Å². The predicted molar refractivity (Wildman–Crippen MR) is 123 cm³/mol. The molecule has 1 aromatic heterocycles. The van der Waals surface area contributed by atoms with Gasteiger partial charge in [0.1, 0.15) is 11.4 Å². The van der Waals surface area contributed by atoms with Gasteiger partial charge < -0.3 is 4.74 Å². The lowest BCUT2D eigenvalue weighted by Gasteiger charge is -2.37. The second-order valence-corrected chi connectivity index (χ2v) is 11.4. The smallest absolute Gasteiger partial charge is 0.270 e. The van der Waals surface area contributed by atoms with Crippen LogP contribution in [0.2, 0.25) is 10.0 Å². The van der Waals surface area contributed by atoms with E-state index in [1.54, 1.807) is 6.07 Å². The number of nitrogens with one attached hydrogen (secondary N) is 2. The molecule has 0 saturated heterocycles. The molecule has 32 heavy (non-hydrogen) atoms. The van der Waals surface area contributed by atoms with Gasteiger partial charge >= 0.3 is 0 Å². The number of aromatic nitrogens is 2. The third-order valence-corrected chi connectivity index (χ3v) is 7.93. The summed E-state index contributed by atoms with van der Waals surface area (Å²) in [4.78, 5) is 12.5. The lowest BCUT2D eigenvalue weighted by Crippen LogP contribution is -2.41. The molecule has 1 aliphatic heterocycles. The molecule has 0 fully saturated rings. The first-order valence-electron chi connectivity index (χ1n) is 9.44. The largest absolute Gasteiger partial charge is 0.487 e. The second-order valence-electron chi connectivity index (χ2n) is 7.73. The molecule has 0 spiro atoms. The van der Waals surface area contributed by atoms with E-state index in [9.17, 15) is 13.2 Å². The van der Waals surface area contributed by atoms with Crippen LogP contribution < -0.4 is 14.8 Å². The van der Waals surface area contributed by atoms with E-state index in [-0.39, 0.29) is 20.1 Å². The van der Waals surface area contributed by atoms with Crippen LogP contribution in [0.5, 0.6) is 5.75 Å². The van der Waals surface area contributed by atoms with Crippen molar-refractivity contribution in [2.24, 2.45) is 0 Å². The third kappa shape index (κ3) is 4.89. The fourth-order valence-electron chi connectivity index (χ4n) is 3.35. The number of anilines is 1. The quantitative estimate of drug-likeness (QED) is 0.480. The Bertz CT molecular complexity index is 1290. The Morgan fingerprint density at radius 3 is 2.69 bits per heavy atom. The Morgan fingerprint density at radius 2 is 1.94 bits per heavy atom. The molecule has 3 aromatic rings. The van der Waals surface area contributed by atoms with Crippen LogP contribution >= 0.6 is 34.5 Å². The average Bonchev–Trinajstić information content (AvgIpc) is 3.16. The number of carbonyl (C=O) groups is 1. The van der Waals surface area contributed by atoms with Crippen LogP contribution in [0.25, 0.3) is 0 Å². The molecule has 0 aliphatic carbocycles. The lowest BCUT2D eigenvalue weighted by molar-refractivity contribution is 0.0702. The summed E-state index contributed by atoms with van der Waals surface area (Å²) in [7, 11) is -4.00. The minimum absolute atomic E-state index is 0.0223. The molecule has 2 heterocycles. The molecule has 1 unspecified atom stereocenters. The molecule has 0 saturated carbocycles. The number of para-hydroxylation sites is 1. The summed E-state index contributed by atoms with van der Waals surface area (Å²) >= 11 is 12.6. The molecular formula is C20H18Cl2N4O4S2. The highest BCUT2D eigenvalue weighted by Crippen LogP contribution is 2.40. The minimum atomic E-state index is -4.00. The number of benzene rings is 2. The Balaban J connectivity index is 1.53. The molecule has 1 aliphatic rings. The van der Waals surface area contributed by atoms with Crippen molar-refractivity contribution < 1.29 is 17.9 Å². The van der Waals surface area contributed by atoms with Crippen LogP contribution in [0, 0.1) is 0 Å². The van der Waals surface area contributed by atoms with Gasteiger partial charge in [-0.25, -0.2) is 13.1 Å². The number of sulfonamides is 1. The molecule has 2 aromatic carbocycles. The van der Waals surface area contributed by atoms with Gasteiger partial charge in [0.25, 0.3) is 15.9 Å². The standard InChI is InChI=1S/C20H18Cl2N4O4S2/c1-20(2)10-15(13-5-3-4-6-16(13)30-20)26-32(28,29)19-25-24-18(31-19)23-17(27)12-8-7-11(21)9-14(12)22/h3-9,15,26H,10H2,1-2H3,(H,23,24,27). The van der Waals surface area contributed by atoms with E-state index < -0.39 is 27.6 Å². The Kier molecular flexibility index (Phi) is 6.17. The van der Waals surface area contributed by atoms with Crippen molar-refractivity contribution in [3.05, 3.63) is 63.6 Å². The number of carbonyl (C=O) groups excluding carboxylic acids is 1. The number of halogens is 2. The van der Waals surface area contributed by atoms with Crippen molar-refractivity contribution in [2.75, 3.05) is 5.32 Å². The zero-order chi connectivity index (χ0) is 23.1.